The molecule has 2 aromatic carbocycles. The second-order valence-electron chi connectivity index (χ2n) is 9.18. The number of carbonyl (C=O) groups is 2. The lowest BCUT2D eigenvalue weighted by Gasteiger charge is -2.31. The number of hydrogen-bond donors (Lipinski definition) is 2. The fourth-order valence-corrected chi connectivity index (χ4v) is 5.82. The number of aliphatic carboxylic acids is 1. The van der Waals surface area contributed by atoms with Gasteiger partial charge in [0.1, 0.15) is 0 Å². The molecule has 0 bridgehead atoms. The van der Waals surface area contributed by atoms with E-state index in [4.69, 9.17) is 28.3 Å². The van der Waals surface area contributed by atoms with Crippen LogP contribution in [0.15, 0.2) is 42.6 Å². The van der Waals surface area contributed by atoms with Crippen LogP contribution in [0.25, 0.3) is 11.1 Å². The van der Waals surface area contributed by atoms with Gasteiger partial charge in [0.25, 0.3) is 0 Å². The molecule has 1 fully saturated rings. The van der Waals surface area contributed by atoms with Crippen LogP contribution in [0.3, 0.4) is 0 Å². The predicted octanol–water partition coefficient (Wildman–Crippen LogP) is 4.96. The monoisotopic (exact) mass is 497 g/mol. The van der Waals surface area contributed by atoms with Crippen molar-refractivity contribution in [1.82, 2.24) is 15.1 Å². The summed E-state index contributed by atoms with van der Waals surface area (Å²) in [6.07, 6.45) is 5.91. The lowest BCUT2D eigenvalue weighted by Crippen LogP contribution is -2.41. The van der Waals surface area contributed by atoms with Crippen LogP contribution in [0, 0.1) is 5.92 Å². The van der Waals surface area contributed by atoms with Crippen molar-refractivity contribution in [3.8, 4) is 11.1 Å². The zero-order chi connectivity index (χ0) is 23.8. The lowest BCUT2D eigenvalue weighted by atomic mass is 9.92. The maximum absolute atomic E-state index is 13.3. The molecule has 2 heterocycles. The van der Waals surface area contributed by atoms with Crippen LogP contribution in [-0.4, -0.2) is 44.7 Å². The first kappa shape index (κ1) is 22.9. The number of H-pyrrole nitrogens is 1. The Morgan fingerprint density at radius 3 is 2.56 bits per heavy atom. The quantitative estimate of drug-likeness (QED) is 0.503. The maximum atomic E-state index is 13.3. The molecule has 2 aliphatic rings. The molecule has 0 saturated carbocycles. The van der Waals surface area contributed by atoms with Crippen molar-refractivity contribution in [2.24, 2.45) is 5.92 Å². The number of amides is 1. The van der Waals surface area contributed by atoms with Gasteiger partial charge in [-0.25, -0.2) is 0 Å². The number of aromatic nitrogens is 2. The molecule has 176 valence electrons. The van der Waals surface area contributed by atoms with E-state index >= 15 is 0 Å². The topological polar surface area (TPSA) is 86.3 Å². The molecule has 1 saturated heterocycles. The van der Waals surface area contributed by atoms with Gasteiger partial charge in [-0.05, 0) is 72.1 Å². The first-order chi connectivity index (χ1) is 16.4. The number of rotatable bonds is 6. The average Bonchev–Trinajstić information content (AvgIpc) is 3.42. The van der Waals surface area contributed by atoms with Gasteiger partial charge in [0.15, 0.2) is 0 Å². The highest BCUT2D eigenvalue weighted by Gasteiger charge is 2.37. The van der Waals surface area contributed by atoms with Gasteiger partial charge in [0.05, 0.1) is 12.6 Å². The molecule has 2 unspecified atom stereocenters. The molecular weight excluding hydrogens is 473 g/mol. The van der Waals surface area contributed by atoms with E-state index in [2.05, 4.69) is 10.2 Å². The Labute approximate surface area is 207 Å². The Hall–Kier alpha value is -2.83. The number of nitrogens with zero attached hydrogens (tertiary/aromatic N) is 2. The highest BCUT2D eigenvalue weighted by Crippen LogP contribution is 2.36. The van der Waals surface area contributed by atoms with Crippen molar-refractivity contribution in [2.45, 2.75) is 44.6 Å². The van der Waals surface area contributed by atoms with Crippen LogP contribution in [-0.2, 0) is 35.3 Å². The van der Waals surface area contributed by atoms with Gasteiger partial charge < -0.3 is 10.0 Å². The number of carboxylic acids is 1. The third-order valence-corrected chi connectivity index (χ3v) is 7.69. The molecule has 2 atom stereocenters. The van der Waals surface area contributed by atoms with Gasteiger partial charge in [-0.3, -0.25) is 14.7 Å². The molecule has 1 amide bonds. The van der Waals surface area contributed by atoms with Gasteiger partial charge in [-0.15, -0.1) is 0 Å². The number of aromatic amines is 1. The van der Waals surface area contributed by atoms with Gasteiger partial charge >= 0.3 is 5.97 Å². The second-order valence-corrected chi connectivity index (χ2v) is 9.99. The van der Waals surface area contributed by atoms with E-state index in [1.165, 1.54) is 11.3 Å². The molecule has 34 heavy (non-hydrogen) atoms. The first-order valence-electron chi connectivity index (χ1n) is 11.5. The molecule has 6 nitrogen and oxygen atoms in total. The summed E-state index contributed by atoms with van der Waals surface area (Å²) in [7, 11) is 0. The fraction of sp³-hybridized carbons (Fsp3) is 0.346. The van der Waals surface area contributed by atoms with Gasteiger partial charge in [-0.2, -0.15) is 5.10 Å². The largest absolute Gasteiger partial charge is 0.481 e. The zero-order valence-electron chi connectivity index (χ0n) is 18.6. The number of carboxylic acid groups (broad SMARTS) is 1. The number of fused-ring (bicyclic) bond motifs is 1. The minimum atomic E-state index is -0.863. The van der Waals surface area contributed by atoms with Crippen molar-refractivity contribution in [1.29, 1.82) is 0 Å². The SMILES string of the molecule is O=C(O)Cc1ccc(-c2cc(Cl)c(CC3CCN(C4CCc5[nH]ncc5C4)C3=O)c(Cl)c2)cc1. The number of benzene rings is 2. The van der Waals surface area contributed by atoms with E-state index in [0.717, 1.165) is 54.5 Å². The smallest absolute Gasteiger partial charge is 0.307 e. The summed E-state index contributed by atoms with van der Waals surface area (Å²) in [4.78, 5) is 26.2. The predicted molar refractivity (Wildman–Crippen MR) is 131 cm³/mol. The first-order valence-corrected chi connectivity index (χ1v) is 12.2. The number of hydrogen-bond acceptors (Lipinski definition) is 3. The summed E-state index contributed by atoms with van der Waals surface area (Å²) >= 11 is 13.3. The normalized spacial score (nSPS) is 19.9. The number of likely N-dealkylation sites (tertiary alicyclic amines) is 1. The summed E-state index contributed by atoms with van der Waals surface area (Å²) in [6.45, 7) is 0.761. The molecule has 0 radical (unpaired) electrons. The number of aryl methyl sites for hydroxylation is 1. The Morgan fingerprint density at radius 1 is 1.12 bits per heavy atom. The van der Waals surface area contributed by atoms with Gasteiger partial charge in [0.2, 0.25) is 5.91 Å². The Kier molecular flexibility index (Phi) is 6.36. The Balaban J connectivity index is 1.28. The van der Waals surface area contributed by atoms with E-state index < -0.39 is 5.97 Å². The fourth-order valence-electron chi connectivity index (χ4n) is 5.18. The van der Waals surface area contributed by atoms with Crippen molar-refractivity contribution >= 4 is 35.1 Å². The van der Waals surface area contributed by atoms with Crippen LogP contribution >= 0.6 is 23.2 Å². The molecule has 8 heteroatoms. The summed E-state index contributed by atoms with van der Waals surface area (Å²) in [5.41, 5.74) is 5.70. The third kappa shape index (κ3) is 4.57. The van der Waals surface area contributed by atoms with Crippen LogP contribution in [0.4, 0.5) is 0 Å². The molecule has 0 spiro atoms. The van der Waals surface area contributed by atoms with Crippen LogP contribution in [0.1, 0.15) is 35.2 Å². The molecule has 1 aliphatic carbocycles. The minimum absolute atomic E-state index is 0.0166. The van der Waals surface area contributed by atoms with Crippen molar-refractivity contribution in [2.75, 3.05) is 6.54 Å². The van der Waals surface area contributed by atoms with E-state index in [1.54, 1.807) is 12.1 Å². The van der Waals surface area contributed by atoms with Gasteiger partial charge in [-0.1, -0.05) is 47.5 Å². The molecular formula is C26H25Cl2N3O3. The van der Waals surface area contributed by atoms with Crippen LogP contribution in [0.2, 0.25) is 10.0 Å². The number of nitrogens with one attached hydrogen (secondary N) is 1. The second kappa shape index (κ2) is 9.43. The molecule has 5 rings (SSSR count). The standard InChI is InChI=1S/C26H25Cl2N3O3/c27-22-12-18(16-3-1-15(2-4-16)9-25(32)33)13-23(28)21(22)11-17-7-8-31(26(17)34)20-5-6-24-19(10-20)14-29-30-24/h1-4,12-14,17,20H,5-11H2,(H,29,30)(H,32,33). The highest BCUT2D eigenvalue weighted by molar-refractivity contribution is 6.36. The summed E-state index contributed by atoms with van der Waals surface area (Å²) < 4.78 is 0. The van der Waals surface area contributed by atoms with Crippen molar-refractivity contribution in [3.63, 3.8) is 0 Å². The molecule has 2 N–H and O–H groups in total. The summed E-state index contributed by atoms with van der Waals surface area (Å²) in [5.74, 6) is -0.804. The molecule has 1 aromatic heterocycles. The Morgan fingerprint density at radius 2 is 1.85 bits per heavy atom. The van der Waals surface area contributed by atoms with Crippen LogP contribution < -0.4 is 0 Å². The van der Waals surface area contributed by atoms with Gasteiger partial charge in [0, 0.05) is 34.2 Å². The summed E-state index contributed by atoms with van der Waals surface area (Å²) in [5, 5.41) is 17.2. The lowest BCUT2D eigenvalue weighted by molar-refractivity contribution is -0.136. The number of halogens is 2. The minimum Gasteiger partial charge on any atom is -0.481 e. The number of carbonyl (C=O) groups excluding carboxylic acids is 1. The van der Waals surface area contributed by atoms with E-state index in [9.17, 15) is 9.59 Å². The van der Waals surface area contributed by atoms with E-state index in [0.29, 0.717) is 16.5 Å². The van der Waals surface area contributed by atoms with Crippen LogP contribution in [0.5, 0.6) is 0 Å². The Bertz CT molecular complexity index is 1220. The summed E-state index contributed by atoms with van der Waals surface area (Å²) in [6, 6.07) is 11.3. The van der Waals surface area contributed by atoms with E-state index in [1.807, 2.05) is 35.4 Å². The maximum Gasteiger partial charge on any atom is 0.307 e. The molecule has 1 aliphatic heterocycles. The van der Waals surface area contributed by atoms with Crippen molar-refractivity contribution < 1.29 is 14.7 Å². The highest BCUT2D eigenvalue weighted by atomic mass is 35.5. The average molecular weight is 498 g/mol. The zero-order valence-corrected chi connectivity index (χ0v) is 20.1. The molecule has 3 aromatic rings. The van der Waals surface area contributed by atoms with E-state index in [-0.39, 0.29) is 24.3 Å². The third-order valence-electron chi connectivity index (χ3n) is 7.02. The van der Waals surface area contributed by atoms with Crippen molar-refractivity contribution in [3.05, 3.63) is 75.0 Å².